The summed E-state index contributed by atoms with van der Waals surface area (Å²) in [5, 5.41) is 8.69. The van der Waals surface area contributed by atoms with Crippen molar-refractivity contribution >= 4 is 15.9 Å². The smallest absolute Gasteiger partial charge is 0.127 e. The summed E-state index contributed by atoms with van der Waals surface area (Å²) in [4.78, 5) is 0. The van der Waals surface area contributed by atoms with Crippen LogP contribution in [0.3, 0.4) is 0 Å². The van der Waals surface area contributed by atoms with Crippen LogP contribution in [0.1, 0.15) is 11.1 Å². The van der Waals surface area contributed by atoms with E-state index in [0.717, 1.165) is 21.5 Å². The van der Waals surface area contributed by atoms with Crippen LogP contribution in [0.4, 0.5) is 0 Å². The molecule has 3 heteroatoms. The Balaban J connectivity index is 2.20. The second-order valence-electron chi connectivity index (χ2n) is 3.65. The summed E-state index contributed by atoms with van der Waals surface area (Å²) < 4.78 is 6.74. The molecule has 0 aliphatic heterocycles. The van der Waals surface area contributed by atoms with Crippen molar-refractivity contribution in [1.82, 2.24) is 0 Å². The average Bonchev–Trinajstić information content (AvgIpc) is 2.35. The van der Waals surface area contributed by atoms with E-state index < -0.39 is 0 Å². The zero-order chi connectivity index (χ0) is 12.3. The minimum atomic E-state index is 0.629. The molecule has 0 aliphatic rings. The standard InChI is InChI=1S/C14H10BrNO/c1-10-8-13(6-7-14(10)15)17-12-4-2-11(9-16)3-5-12/h2-8H,1H3. The fourth-order valence-corrected chi connectivity index (χ4v) is 1.66. The minimum absolute atomic E-state index is 0.629. The molecule has 17 heavy (non-hydrogen) atoms. The maximum absolute atomic E-state index is 8.69. The van der Waals surface area contributed by atoms with Gasteiger partial charge in [-0.15, -0.1) is 0 Å². The van der Waals surface area contributed by atoms with E-state index >= 15 is 0 Å². The van der Waals surface area contributed by atoms with E-state index in [2.05, 4.69) is 22.0 Å². The molecule has 2 nitrogen and oxygen atoms in total. The number of nitrogens with zero attached hydrogens (tertiary/aromatic N) is 1. The van der Waals surface area contributed by atoms with Gasteiger partial charge < -0.3 is 4.74 Å². The predicted molar refractivity (Wildman–Crippen MR) is 70.1 cm³/mol. The van der Waals surface area contributed by atoms with Crippen LogP contribution in [0.25, 0.3) is 0 Å². The Hall–Kier alpha value is -1.79. The predicted octanol–water partition coefficient (Wildman–Crippen LogP) is 4.42. The molecule has 0 spiro atoms. The van der Waals surface area contributed by atoms with Gasteiger partial charge in [0.25, 0.3) is 0 Å². The number of aryl methyl sites for hydroxylation is 1. The number of nitriles is 1. The first-order chi connectivity index (χ1) is 8.19. The molecule has 0 aliphatic carbocycles. The quantitative estimate of drug-likeness (QED) is 0.819. The van der Waals surface area contributed by atoms with E-state index in [-0.39, 0.29) is 0 Å². The SMILES string of the molecule is Cc1cc(Oc2ccc(C#N)cc2)ccc1Br. The van der Waals surface area contributed by atoms with Crippen molar-refractivity contribution in [3.05, 3.63) is 58.1 Å². The lowest BCUT2D eigenvalue weighted by molar-refractivity contribution is 0.482. The van der Waals surface area contributed by atoms with Gasteiger partial charge in [-0.3, -0.25) is 0 Å². The fraction of sp³-hybridized carbons (Fsp3) is 0.0714. The van der Waals surface area contributed by atoms with E-state index in [1.54, 1.807) is 24.3 Å². The van der Waals surface area contributed by atoms with Gasteiger partial charge in [-0.2, -0.15) is 5.26 Å². The van der Waals surface area contributed by atoms with Crippen LogP contribution in [0.15, 0.2) is 46.9 Å². The van der Waals surface area contributed by atoms with Crippen LogP contribution in [0, 0.1) is 18.3 Å². The van der Waals surface area contributed by atoms with Crippen molar-refractivity contribution in [3.63, 3.8) is 0 Å². The summed E-state index contributed by atoms with van der Waals surface area (Å²) in [6.45, 7) is 2.01. The highest BCUT2D eigenvalue weighted by molar-refractivity contribution is 9.10. The first-order valence-electron chi connectivity index (χ1n) is 5.13. The van der Waals surface area contributed by atoms with Crippen LogP contribution in [0.5, 0.6) is 11.5 Å². The van der Waals surface area contributed by atoms with Crippen molar-refractivity contribution in [2.24, 2.45) is 0 Å². The molecule has 0 N–H and O–H groups in total. The molecule has 2 aromatic rings. The maximum atomic E-state index is 8.69. The number of rotatable bonds is 2. The van der Waals surface area contributed by atoms with Gasteiger partial charge in [-0.1, -0.05) is 15.9 Å². The van der Waals surface area contributed by atoms with Crippen molar-refractivity contribution in [2.45, 2.75) is 6.92 Å². The van der Waals surface area contributed by atoms with Crippen LogP contribution in [0.2, 0.25) is 0 Å². The van der Waals surface area contributed by atoms with Crippen LogP contribution < -0.4 is 4.74 Å². The number of hydrogen-bond acceptors (Lipinski definition) is 2. The largest absolute Gasteiger partial charge is 0.457 e. The summed E-state index contributed by atoms with van der Waals surface area (Å²) in [5.74, 6) is 1.51. The first kappa shape index (κ1) is 11.7. The van der Waals surface area contributed by atoms with Crippen LogP contribution in [-0.2, 0) is 0 Å². The topological polar surface area (TPSA) is 33.0 Å². The summed E-state index contributed by atoms with van der Waals surface area (Å²) >= 11 is 3.44. The zero-order valence-corrected chi connectivity index (χ0v) is 10.9. The Morgan fingerprint density at radius 1 is 1.06 bits per heavy atom. The zero-order valence-electron chi connectivity index (χ0n) is 9.27. The average molecular weight is 288 g/mol. The lowest BCUT2D eigenvalue weighted by Crippen LogP contribution is -1.85. The molecule has 2 aromatic carbocycles. The highest BCUT2D eigenvalue weighted by Gasteiger charge is 2.00. The number of hydrogen-bond donors (Lipinski definition) is 0. The third-order valence-electron chi connectivity index (χ3n) is 2.35. The molecule has 0 bridgehead atoms. The molecule has 0 aromatic heterocycles. The number of ether oxygens (including phenoxy) is 1. The molecule has 0 fully saturated rings. The number of benzene rings is 2. The molecule has 0 atom stereocenters. The fourth-order valence-electron chi connectivity index (χ4n) is 1.41. The van der Waals surface area contributed by atoms with Gasteiger partial charge in [0, 0.05) is 4.47 Å². The van der Waals surface area contributed by atoms with E-state index in [1.165, 1.54) is 0 Å². The van der Waals surface area contributed by atoms with Crippen LogP contribution in [-0.4, -0.2) is 0 Å². The molecule has 0 heterocycles. The molecular formula is C14H10BrNO. The van der Waals surface area contributed by atoms with Gasteiger partial charge in [0.2, 0.25) is 0 Å². The monoisotopic (exact) mass is 287 g/mol. The van der Waals surface area contributed by atoms with Crippen LogP contribution >= 0.6 is 15.9 Å². The van der Waals surface area contributed by atoms with E-state index in [9.17, 15) is 0 Å². The summed E-state index contributed by atoms with van der Waals surface area (Å²) in [6.07, 6.45) is 0. The van der Waals surface area contributed by atoms with Gasteiger partial charge in [0.15, 0.2) is 0 Å². The molecular weight excluding hydrogens is 278 g/mol. The molecule has 0 saturated carbocycles. The Kier molecular flexibility index (Phi) is 3.46. The van der Waals surface area contributed by atoms with E-state index in [4.69, 9.17) is 10.00 Å². The summed E-state index contributed by atoms with van der Waals surface area (Å²) in [6, 6.07) is 14.9. The Morgan fingerprint density at radius 2 is 1.71 bits per heavy atom. The van der Waals surface area contributed by atoms with Gasteiger partial charge in [-0.25, -0.2) is 0 Å². The third-order valence-corrected chi connectivity index (χ3v) is 3.24. The van der Waals surface area contributed by atoms with Crippen molar-refractivity contribution in [3.8, 4) is 17.6 Å². The Morgan fingerprint density at radius 3 is 2.29 bits per heavy atom. The molecule has 84 valence electrons. The normalized spacial score (nSPS) is 9.71. The van der Waals surface area contributed by atoms with Gasteiger partial charge in [-0.05, 0) is 55.0 Å². The van der Waals surface area contributed by atoms with Gasteiger partial charge in [0.05, 0.1) is 11.6 Å². The Labute approximate surface area is 109 Å². The van der Waals surface area contributed by atoms with Gasteiger partial charge >= 0.3 is 0 Å². The van der Waals surface area contributed by atoms with Crippen molar-refractivity contribution in [1.29, 1.82) is 5.26 Å². The molecule has 0 amide bonds. The van der Waals surface area contributed by atoms with E-state index in [1.807, 2.05) is 25.1 Å². The maximum Gasteiger partial charge on any atom is 0.127 e. The lowest BCUT2D eigenvalue weighted by atomic mass is 10.2. The Bertz CT molecular complexity index is 570. The van der Waals surface area contributed by atoms with Gasteiger partial charge in [0.1, 0.15) is 11.5 Å². The molecule has 0 unspecified atom stereocenters. The highest BCUT2D eigenvalue weighted by Crippen LogP contribution is 2.26. The second-order valence-corrected chi connectivity index (χ2v) is 4.50. The molecule has 0 radical (unpaired) electrons. The lowest BCUT2D eigenvalue weighted by Gasteiger charge is -2.07. The van der Waals surface area contributed by atoms with Crippen molar-refractivity contribution < 1.29 is 4.74 Å². The molecule has 0 saturated heterocycles. The van der Waals surface area contributed by atoms with E-state index in [0.29, 0.717) is 5.56 Å². The third kappa shape index (κ3) is 2.86. The summed E-state index contributed by atoms with van der Waals surface area (Å²) in [7, 11) is 0. The molecule has 2 rings (SSSR count). The summed E-state index contributed by atoms with van der Waals surface area (Å²) in [5.41, 5.74) is 1.75. The van der Waals surface area contributed by atoms with Crippen molar-refractivity contribution in [2.75, 3.05) is 0 Å². The second kappa shape index (κ2) is 5.03. The number of halogens is 1. The minimum Gasteiger partial charge on any atom is -0.457 e. The first-order valence-corrected chi connectivity index (χ1v) is 5.92. The highest BCUT2D eigenvalue weighted by atomic mass is 79.9.